The standard InChI is InChI=1S/C25H33N5O10/c1-12(31)21(24(38)28-17(25(39)40)7-9-20(34)35)30-23(37)18(29-22(36)15(26)6-8-19(32)33)10-13-11-27-16-5-3-2-4-14(13)16/h2-5,11-12,15,17-18,21,27,31H,6-10,26H2,1H3,(H,28,38)(H,29,36)(H,30,37)(H,32,33)(H,34,35)(H,39,40). The molecule has 1 aromatic heterocycles. The van der Waals surface area contributed by atoms with Gasteiger partial charge < -0.3 is 47.1 Å². The third kappa shape index (κ3) is 9.36. The van der Waals surface area contributed by atoms with Gasteiger partial charge in [0.15, 0.2) is 0 Å². The summed E-state index contributed by atoms with van der Waals surface area (Å²) >= 11 is 0. The largest absolute Gasteiger partial charge is 0.481 e. The summed E-state index contributed by atoms with van der Waals surface area (Å²) in [5.41, 5.74) is 7.17. The first-order valence-corrected chi connectivity index (χ1v) is 12.4. The number of carboxylic acid groups (broad SMARTS) is 3. The van der Waals surface area contributed by atoms with E-state index in [1.54, 1.807) is 30.5 Å². The van der Waals surface area contributed by atoms with Crippen molar-refractivity contribution in [3.63, 3.8) is 0 Å². The van der Waals surface area contributed by atoms with E-state index in [0.29, 0.717) is 5.56 Å². The van der Waals surface area contributed by atoms with Crippen LogP contribution in [0, 0.1) is 0 Å². The number of H-pyrrole nitrogens is 1. The molecule has 0 saturated heterocycles. The number of para-hydroxylation sites is 1. The molecule has 0 aliphatic carbocycles. The van der Waals surface area contributed by atoms with E-state index >= 15 is 0 Å². The number of hydrogen-bond donors (Lipinski definition) is 9. The molecule has 2 rings (SSSR count). The van der Waals surface area contributed by atoms with E-state index in [9.17, 15) is 39.0 Å². The Kier molecular flexibility index (Phi) is 11.6. The van der Waals surface area contributed by atoms with Gasteiger partial charge in [0.25, 0.3) is 0 Å². The van der Waals surface area contributed by atoms with Crippen LogP contribution in [0.25, 0.3) is 10.9 Å². The van der Waals surface area contributed by atoms with Crippen LogP contribution in [0.3, 0.4) is 0 Å². The van der Waals surface area contributed by atoms with Gasteiger partial charge in [0.1, 0.15) is 18.1 Å². The third-order valence-corrected chi connectivity index (χ3v) is 6.06. The van der Waals surface area contributed by atoms with E-state index in [1.807, 2.05) is 0 Å². The SMILES string of the molecule is CC(O)C(NC(=O)C(Cc1c[nH]c2ccccc12)NC(=O)C(N)CCC(=O)O)C(=O)NC(CCC(=O)O)C(=O)O. The zero-order chi connectivity index (χ0) is 30.0. The Hall–Kier alpha value is -4.50. The summed E-state index contributed by atoms with van der Waals surface area (Å²) in [6.45, 7) is 1.17. The number of nitrogens with one attached hydrogen (secondary N) is 4. The van der Waals surface area contributed by atoms with E-state index < -0.39 is 78.7 Å². The van der Waals surface area contributed by atoms with Gasteiger partial charge in [-0.05, 0) is 31.4 Å². The minimum Gasteiger partial charge on any atom is -0.481 e. The van der Waals surface area contributed by atoms with Crippen molar-refractivity contribution < 1.29 is 49.2 Å². The maximum atomic E-state index is 13.3. The van der Waals surface area contributed by atoms with Gasteiger partial charge in [-0.25, -0.2) is 4.79 Å². The molecule has 15 heteroatoms. The van der Waals surface area contributed by atoms with E-state index in [1.165, 1.54) is 6.92 Å². The van der Waals surface area contributed by atoms with Gasteiger partial charge in [-0.3, -0.25) is 24.0 Å². The van der Waals surface area contributed by atoms with Crippen LogP contribution in [0.15, 0.2) is 30.5 Å². The minimum absolute atomic E-state index is 0.0856. The lowest BCUT2D eigenvalue weighted by Gasteiger charge is -2.26. The van der Waals surface area contributed by atoms with Crippen molar-refractivity contribution in [2.45, 2.75) is 69.3 Å². The van der Waals surface area contributed by atoms with Crippen molar-refractivity contribution in [1.82, 2.24) is 20.9 Å². The van der Waals surface area contributed by atoms with Crippen molar-refractivity contribution in [1.29, 1.82) is 0 Å². The highest BCUT2D eigenvalue weighted by Crippen LogP contribution is 2.19. The number of aliphatic hydroxyl groups excluding tert-OH is 1. The first-order valence-electron chi connectivity index (χ1n) is 12.4. The lowest BCUT2D eigenvalue weighted by molar-refractivity contribution is -0.144. The molecule has 1 heterocycles. The zero-order valence-electron chi connectivity index (χ0n) is 21.6. The summed E-state index contributed by atoms with van der Waals surface area (Å²) in [6, 6.07) is 1.29. The van der Waals surface area contributed by atoms with Crippen LogP contribution in [0.2, 0.25) is 0 Å². The number of carboxylic acids is 3. The molecule has 0 aliphatic rings. The number of nitrogens with two attached hydrogens (primary N) is 1. The second-order valence-electron chi connectivity index (χ2n) is 9.22. The highest BCUT2D eigenvalue weighted by molar-refractivity contribution is 5.95. The van der Waals surface area contributed by atoms with E-state index in [0.717, 1.165) is 10.9 Å². The quantitative estimate of drug-likeness (QED) is 0.116. The zero-order valence-corrected chi connectivity index (χ0v) is 21.6. The summed E-state index contributed by atoms with van der Waals surface area (Å²) in [7, 11) is 0. The van der Waals surface area contributed by atoms with Crippen LogP contribution in [0.4, 0.5) is 0 Å². The molecular weight excluding hydrogens is 530 g/mol. The number of fused-ring (bicyclic) bond motifs is 1. The van der Waals surface area contributed by atoms with Gasteiger partial charge in [-0.1, -0.05) is 18.2 Å². The third-order valence-electron chi connectivity index (χ3n) is 6.06. The van der Waals surface area contributed by atoms with Crippen molar-refractivity contribution in [3.8, 4) is 0 Å². The van der Waals surface area contributed by atoms with Crippen LogP contribution in [-0.2, 0) is 35.2 Å². The van der Waals surface area contributed by atoms with Crippen molar-refractivity contribution in [2.75, 3.05) is 0 Å². The molecule has 10 N–H and O–H groups in total. The van der Waals surface area contributed by atoms with Gasteiger partial charge in [0.05, 0.1) is 12.1 Å². The predicted octanol–water partition coefficient (Wildman–Crippen LogP) is -1.31. The molecule has 5 atom stereocenters. The predicted molar refractivity (Wildman–Crippen MR) is 139 cm³/mol. The number of benzene rings is 1. The van der Waals surface area contributed by atoms with Crippen LogP contribution in [0.5, 0.6) is 0 Å². The smallest absolute Gasteiger partial charge is 0.326 e. The molecular formula is C25H33N5O10. The van der Waals surface area contributed by atoms with Crippen molar-refractivity contribution in [3.05, 3.63) is 36.0 Å². The number of hydrogen-bond acceptors (Lipinski definition) is 8. The molecule has 5 unspecified atom stereocenters. The number of carbonyl (C=O) groups excluding carboxylic acids is 3. The number of aromatic nitrogens is 1. The normalized spacial score (nSPS) is 14.8. The second kappa shape index (κ2) is 14.6. The fourth-order valence-electron chi connectivity index (χ4n) is 3.86. The van der Waals surface area contributed by atoms with Gasteiger partial charge in [0, 0.05) is 36.4 Å². The highest BCUT2D eigenvalue weighted by Gasteiger charge is 2.33. The van der Waals surface area contributed by atoms with Crippen LogP contribution >= 0.6 is 0 Å². The maximum Gasteiger partial charge on any atom is 0.326 e. The lowest BCUT2D eigenvalue weighted by atomic mass is 10.0. The Balaban J connectivity index is 2.26. The summed E-state index contributed by atoms with van der Waals surface area (Å²) < 4.78 is 0. The number of aliphatic carboxylic acids is 3. The monoisotopic (exact) mass is 563 g/mol. The number of aromatic amines is 1. The van der Waals surface area contributed by atoms with Crippen LogP contribution < -0.4 is 21.7 Å². The topological polar surface area (TPSA) is 261 Å². The Morgan fingerprint density at radius 2 is 1.45 bits per heavy atom. The summed E-state index contributed by atoms with van der Waals surface area (Å²) in [5, 5.41) is 44.8. The molecule has 2 aromatic rings. The molecule has 0 spiro atoms. The fourth-order valence-corrected chi connectivity index (χ4v) is 3.86. The fraction of sp³-hybridized carbons (Fsp3) is 0.440. The molecule has 3 amide bonds. The van der Waals surface area contributed by atoms with Gasteiger partial charge in [-0.2, -0.15) is 0 Å². The Morgan fingerprint density at radius 1 is 0.850 bits per heavy atom. The number of amides is 3. The van der Waals surface area contributed by atoms with E-state index in [-0.39, 0.29) is 19.3 Å². The molecule has 0 saturated carbocycles. The number of rotatable bonds is 16. The molecule has 0 fully saturated rings. The number of aliphatic hydroxyl groups is 1. The molecule has 40 heavy (non-hydrogen) atoms. The molecule has 0 aliphatic heterocycles. The summed E-state index contributed by atoms with van der Waals surface area (Å²) in [4.78, 5) is 75.0. The molecule has 0 radical (unpaired) electrons. The first-order chi connectivity index (χ1) is 18.8. The minimum atomic E-state index is -1.66. The van der Waals surface area contributed by atoms with Crippen molar-refractivity contribution >= 4 is 46.5 Å². The summed E-state index contributed by atoms with van der Waals surface area (Å²) in [5.74, 6) is -6.77. The number of carbonyl (C=O) groups is 6. The average molecular weight is 564 g/mol. The van der Waals surface area contributed by atoms with E-state index in [4.69, 9.17) is 15.9 Å². The van der Waals surface area contributed by atoms with Gasteiger partial charge in [0.2, 0.25) is 17.7 Å². The van der Waals surface area contributed by atoms with Gasteiger partial charge >= 0.3 is 17.9 Å². The Morgan fingerprint density at radius 3 is 2.05 bits per heavy atom. The first kappa shape index (κ1) is 31.7. The maximum absolute atomic E-state index is 13.3. The molecule has 15 nitrogen and oxygen atoms in total. The van der Waals surface area contributed by atoms with Crippen LogP contribution in [0.1, 0.15) is 38.2 Å². The molecule has 1 aromatic carbocycles. The van der Waals surface area contributed by atoms with E-state index in [2.05, 4.69) is 20.9 Å². The Bertz CT molecular complexity index is 1240. The van der Waals surface area contributed by atoms with Crippen molar-refractivity contribution in [2.24, 2.45) is 5.73 Å². The summed E-state index contributed by atoms with van der Waals surface area (Å²) in [6.07, 6.45) is -1.55. The molecule has 218 valence electrons. The molecule has 0 bridgehead atoms. The van der Waals surface area contributed by atoms with Gasteiger partial charge in [-0.15, -0.1) is 0 Å². The highest BCUT2D eigenvalue weighted by atomic mass is 16.4. The Labute approximate surface area is 228 Å². The average Bonchev–Trinajstić information content (AvgIpc) is 3.29. The lowest BCUT2D eigenvalue weighted by Crippen LogP contribution is -2.60. The second-order valence-corrected chi connectivity index (χ2v) is 9.22. The van der Waals surface area contributed by atoms with Crippen LogP contribution in [-0.4, -0.2) is 91.3 Å².